The van der Waals surface area contributed by atoms with Crippen molar-refractivity contribution in [3.63, 3.8) is 0 Å². The third kappa shape index (κ3) is 5.35. The number of hydrogen-bond acceptors (Lipinski definition) is 4. The van der Waals surface area contributed by atoms with Crippen molar-refractivity contribution in [2.24, 2.45) is 0 Å². The molecule has 5 heteroatoms. The van der Waals surface area contributed by atoms with Crippen LogP contribution in [0.5, 0.6) is 5.75 Å². The number of esters is 1. The second kappa shape index (κ2) is 8.87. The fraction of sp³-hybridized carbons (Fsp3) is 0.300. The first kappa shape index (κ1) is 18.5. The molecule has 132 valence electrons. The summed E-state index contributed by atoms with van der Waals surface area (Å²) >= 11 is 0. The number of rotatable bonds is 7. The predicted octanol–water partition coefficient (Wildman–Crippen LogP) is 3.89. The van der Waals surface area contributed by atoms with Crippen LogP contribution in [0.25, 0.3) is 0 Å². The van der Waals surface area contributed by atoms with Crippen LogP contribution in [0, 0.1) is 13.8 Å². The molecule has 0 unspecified atom stereocenters. The first-order chi connectivity index (χ1) is 12.0. The fourth-order valence-corrected chi connectivity index (χ4v) is 2.50. The number of anilines is 1. The van der Waals surface area contributed by atoms with Gasteiger partial charge < -0.3 is 14.8 Å². The molecule has 0 heterocycles. The predicted molar refractivity (Wildman–Crippen MR) is 97.1 cm³/mol. The number of benzene rings is 2. The van der Waals surface area contributed by atoms with Gasteiger partial charge in [-0.2, -0.15) is 0 Å². The van der Waals surface area contributed by atoms with E-state index in [2.05, 4.69) is 10.1 Å². The van der Waals surface area contributed by atoms with Crippen LogP contribution < -0.4 is 10.1 Å². The van der Waals surface area contributed by atoms with E-state index < -0.39 is 5.97 Å². The Morgan fingerprint density at radius 3 is 2.40 bits per heavy atom. The summed E-state index contributed by atoms with van der Waals surface area (Å²) < 4.78 is 10.5. The number of carbonyl (C=O) groups is 2. The lowest BCUT2D eigenvalue weighted by molar-refractivity contribution is -0.116. The van der Waals surface area contributed by atoms with Crippen LogP contribution in [0.2, 0.25) is 0 Å². The SMILES string of the molecule is COC(=O)c1cccc(NC(=O)CCCOc2c(C)cccc2C)c1. The standard InChI is InChI=1S/C20H23NO4/c1-14-7-4-8-15(2)19(14)25-12-6-11-18(22)21-17-10-5-9-16(13-17)20(23)24-3/h4-5,7-10,13H,6,11-12H2,1-3H3,(H,21,22). The Hall–Kier alpha value is -2.82. The molecule has 0 aliphatic rings. The molecule has 0 spiro atoms. The van der Waals surface area contributed by atoms with Crippen LogP contribution in [-0.4, -0.2) is 25.6 Å². The maximum absolute atomic E-state index is 12.0. The quantitative estimate of drug-likeness (QED) is 0.613. The van der Waals surface area contributed by atoms with Gasteiger partial charge in [0.2, 0.25) is 5.91 Å². The van der Waals surface area contributed by atoms with E-state index in [1.807, 2.05) is 32.0 Å². The van der Waals surface area contributed by atoms with Gasteiger partial charge in [-0.05, 0) is 49.6 Å². The smallest absolute Gasteiger partial charge is 0.337 e. The summed E-state index contributed by atoms with van der Waals surface area (Å²) in [5.74, 6) is 0.332. The summed E-state index contributed by atoms with van der Waals surface area (Å²) in [6, 6.07) is 12.7. The van der Waals surface area contributed by atoms with Crippen molar-refractivity contribution in [2.75, 3.05) is 19.0 Å². The van der Waals surface area contributed by atoms with Crippen LogP contribution in [0.1, 0.15) is 34.3 Å². The van der Waals surface area contributed by atoms with E-state index in [-0.39, 0.29) is 5.91 Å². The van der Waals surface area contributed by atoms with Crippen LogP contribution in [0.15, 0.2) is 42.5 Å². The van der Waals surface area contributed by atoms with E-state index in [9.17, 15) is 9.59 Å². The van der Waals surface area contributed by atoms with Gasteiger partial charge in [-0.25, -0.2) is 4.79 Å². The second-order valence-electron chi connectivity index (χ2n) is 5.79. The van der Waals surface area contributed by atoms with E-state index >= 15 is 0 Å². The molecule has 0 saturated heterocycles. The summed E-state index contributed by atoms with van der Waals surface area (Å²) in [6.45, 7) is 4.48. The fourth-order valence-electron chi connectivity index (χ4n) is 2.50. The number of ether oxygens (including phenoxy) is 2. The van der Waals surface area contributed by atoms with Crippen molar-refractivity contribution in [1.29, 1.82) is 0 Å². The largest absolute Gasteiger partial charge is 0.493 e. The van der Waals surface area contributed by atoms with Crippen LogP contribution in [0.4, 0.5) is 5.69 Å². The number of hydrogen-bond donors (Lipinski definition) is 1. The third-order valence-electron chi connectivity index (χ3n) is 3.77. The van der Waals surface area contributed by atoms with E-state index in [4.69, 9.17) is 4.74 Å². The lowest BCUT2D eigenvalue weighted by Crippen LogP contribution is -2.13. The topological polar surface area (TPSA) is 64.6 Å². The summed E-state index contributed by atoms with van der Waals surface area (Å²) in [6.07, 6.45) is 0.948. The minimum Gasteiger partial charge on any atom is -0.493 e. The maximum atomic E-state index is 12.0. The van der Waals surface area contributed by atoms with Crippen molar-refractivity contribution >= 4 is 17.6 Å². The minimum absolute atomic E-state index is 0.118. The molecule has 0 aliphatic carbocycles. The van der Waals surface area contributed by atoms with Crippen molar-refractivity contribution in [3.8, 4) is 5.75 Å². The number of nitrogens with one attached hydrogen (secondary N) is 1. The van der Waals surface area contributed by atoms with Crippen molar-refractivity contribution in [3.05, 3.63) is 59.2 Å². The first-order valence-corrected chi connectivity index (χ1v) is 8.18. The zero-order valence-corrected chi connectivity index (χ0v) is 14.8. The molecule has 0 aliphatic heterocycles. The monoisotopic (exact) mass is 341 g/mol. The van der Waals surface area contributed by atoms with Crippen molar-refractivity contribution in [1.82, 2.24) is 0 Å². The zero-order valence-electron chi connectivity index (χ0n) is 14.8. The Morgan fingerprint density at radius 1 is 1.04 bits per heavy atom. The van der Waals surface area contributed by atoms with Gasteiger partial charge in [0.25, 0.3) is 0 Å². The number of para-hydroxylation sites is 1. The van der Waals surface area contributed by atoms with Gasteiger partial charge in [0.1, 0.15) is 5.75 Å². The number of carbonyl (C=O) groups excluding carboxylic acids is 2. The molecule has 0 bridgehead atoms. The molecule has 0 fully saturated rings. The normalized spacial score (nSPS) is 10.2. The Labute approximate surface area is 148 Å². The number of amides is 1. The summed E-state index contributed by atoms with van der Waals surface area (Å²) in [4.78, 5) is 23.5. The maximum Gasteiger partial charge on any atom is 0.337 e. The highest BCUT2D eigenvalue weighted by Crippen LogP contribution is 2.22. The van der Waals surface area contributed by atoms with Gasteiger partial charge in [0, 0.05) is 12.1 Å². The number of aryl methyl sites for hydroxylation is 2. The van der Waals surface area contributed by atoms with E-state index in [0.29, 0.717) is 30.7 Å². The Bertz CT molecular complexity index is 735. The van der Waals surface area contributed by atoms with E-state index in [1.54, 1.807) is 24.3 Å². The molecule has 1 amide bonds. The van der Waals surface area contributed by atoms with Gasteiger partial charge in [0.15, 0.2) is 0 Å². The van der Waals surface area contributed by atoms with E-state index in [0.717, 1.165) is 16.9 Å². The van der Waals surface area contributed by atoms with Gasteiger partial charge >= 0.3 is 5.97 Å². The summed E-state index contributed by atoms with van der Waals surface area (Å²) in [5, 5.41) is 2.78. The molecular weight excluding hydrogens is 318 g/mol. The highest BCUT2D eigenvalue weighted by Gasteiger charge is 2.08. The minimum atomic E-state index is -0.432. The second-order valence-corrected chi connectivity index (χ2v) is 5.79. The number of methoxy groups -OCH3 is 1. The van der Waals surface area contributed by atoms with Crippen LogP contribution in [0.3, 0.4) is 0 Å². The van der Waals surface area contributed by atoms with Gasteiger partial charge in [-0.15, -0.1) is 0 Å². The third-order valence-corrected chi connectivity index (χ3v) is 3.77. The molecule has 0 aromatic heterocycles. The molecule has 25 heavy (non-hydrogen) atoms. The molecular formula is C20H23NO4. The molecule has 0 atom stereocenters. The van der Waals surface area contributed by atoms with Gasteiger partial charge in [0.05, 0.1) is 19.3 Å². The molecule has 0 radical (unpaired) electrons. The average molecular weight is 341 g/mol. The zero-order chi connectivity index (χ0) is 18.2. The Morgan fingerprint density at radius 2 is 1.72 bits per heavy atom. The van der Waals surface area contributed by atoms with Crippen molar-refractivity contribution < 1.29 is 19.1 Å². The summed E-state index contributed by atoms with van der Waals surface area (Å²) in [5.41, 5.74) is 3.15. The molecule has 2 rings (SSSR count). The Kier molecular flexibility index (Phi) is 6.57. The first-order valence-electron chi connectivity index (χ1n) is 8.18. The highest BCUT2D eigenvalue weighted by molar-refractivity contribution is 5.94. The molecule has 0 saturated carbocycles. The summed E-state index contributed by atoms with van der Waals surface area (Å²) in [7, 11) is 1.32. The van der Waals surface area contributed by atoms with Crippen molar-refractivity contribution in [2.45, 2.75) is 26.7 Å². The van der Waals surface area contributed by atoms with E-state index in [1.165, 1.54) is 7.11 Å². The van der Waals surface area contributed by atoms with Gasteiger partial charge in [-0.3, -0.25) is 4.79 Å². The lowest BCUT2D eigenvalue weighted by Gasteiger charge is -2.12. The molecule has 2 aromatic carbocycles. The molecule has 1 N–H and O–H groups in total. The highest BCUT2D eigenvalue weighted by atomic mass is 16.5. The Balaban J connectivity index is 1.80. The van der Waals surface area contributed by atoms with Crippen LogP contribution in [-0.2, 0) is 9.53 Å². The molecule has 5 nitrogen and oxygen atoms in total. The van der Waals surface area contributed by atoms with Gasteiger partial charge in [-0.1, -0.05) is 24.3 Å². The average Bonchev–Trinajstić information content (AvgIpc) is 2.60. The van der Waals surface area contributed by atoms with Crippen LogP contribution >= 0.6 is 0 Å². The molecule has 2 aromatic rings. The lowest BCUT2D eigenvalue weighted by atomic mass is 10.1.